The topological polar surface area (TPSA) is 4.93 Å². The van der Waals surface area contributed by atoms with Gasteiger partial charge in [0.05, 0.1) is 0 Å². The fraction of sp³-hybridized carbons (Fsp3) is 0.250. The molecule has 1 heterocycles. The van der Waals surface area contributed by atoms with Crippen molar-refractivity contribution in [1.29, 1.82) is 0 Å². The molecule has 0 fully saturated rings. The smallest absolute Gasteiger partial charge is 0.0491 e. The number of nitrogens with zero attached hydrogens (tertiary/aromatic N) is 1. The summed E-state index contributed by atoms with van der Waals surface area (Å²) in [6.45, 7) is 7.54. The summed E-state index contributed by atoms with van der Waals surface area (Å²) < 4.78 is 2.39. The van der Waals surface area contributed by atoms with Gasteiger partial charge in [0.25, 0.3) is 0 Å². The van der Waals surface area contributed by atoms with Crippen molar-refractivity contribution < 1.29 is 0 Å². The van der Waals surface area contributed by atoms with Crippen molar-refractivity contribution in [3.8, 4) is 0 Å². The molecule has 0 aliphatic carbocycles. The van der Waals surface area contributed by atoms with Gasteiger partial charge in [0.1, 0.15) is 0 Å². The Labute approximate surface area is 102 Å². The number of aryl methyl sites for hydroxylation is 3. The number of fused-ring (bicyclic) bond motifs is 3. The highest BCUT2D eigenvalue weighted by molar-refractivity contribution is 6.08. The van der Waals surface area contributed by atoms with Crippen molar-refractivity contribution in [2.75, 3.05) is 0 Å². The van der Waals surface area contributed by atoms with E-state index in [0.29, 0.717) is 0 Å². The van der Waals surface area contributed by atoms with Gasteiger partial charge in [-0.1, -0.05) is 23.3 Å². The predicted molar refractivity (Wildman–Crippen MR) is 74.6 cm³/mol. The minimum atomic E-state index is 1.02. The first-order valence-electron chi connectivity index (χ1n) is 6.20. The van der Waals surface area contributed by atoms with Gasteiger partial charge in [-0.2, -0.15) is 0 Å². The van der Waals surface area contributed by atoms with Crippen molar-refractivity contribution in [3.05, 3.63) is 47.5 Å². The van der Waals surface area contributed by atoms with Crippen LogP contribution in [-0.2, 0) is 6.54 Å². The van der Waals surface area contributed by atoms with Crippen LogP contribution in [0.15, 0.2) is 36.4 Å². The van der Waals surface area contributed by atoms with Crippen LogP contribution in [0.5, 0.6) is 0 Å². The lowest BCUT2D eigenvalue weighted by Crippen LogP contribution is -1.92. The molecule has 1 heteroatoms. The van der Waals surface area contributed by atoms with Gasteiger partial charge in [0.15, 0.2) is 0 Å². The third-order valence-corrected chi connectivity index (χ3v) is 3.49. The molecule has 0 aliphatic heterocycles. The molecule has 0 radical (unpaired) electrons. The number of aromatic nitrogens is 1. The second kappa shape index (κ2) is 3.63. The minimum Gasteiger partial charge on any atom is -0.341 e. The van der Waals surface area contributed by atoms with Crippen LogP contribution in [0.2, 0.25) is 0 Å². The summed E-state index contributed by atoms with van der Waals surface area (Å²) in [6.07, 6.45) is 0. The Bertz CT molecular complexity index is 645. The van der Waals surface area contributed by atoms with Crippen LogP contribution in [0.25, 0.3) is 21.8 Å². The second-order valence-corrected chi connectivity index (χ2v) is 4.79. The molecule has 2 aromatic carbocycles. The van der Waals surface area contributed by atoms with Gasteiger partial charge in [0.2, 0.25) is 0 Å². The van der Waals surface area contributed by atoms with Gasteiger partial charge in [-0.15, -0.1) is 0 Å². The van der Waals surface area contributed by atoms with E-state index >= 15 is 0 Å². The Morgan fingerprint density at radius 2 is 1.29 bits per heavy atom. The molecule has 3 rings (SSSR count). The fourth-order valence-corrected chi connectivity index (χ4v) is 2.67. The molecule has 0 spiro atoms. The first-order chi connectivity index (χ1) is 8.20. The molecule has 1 nitrogen and oxygen atoms in total. The van der Waals surface area contributed by atoms with Crippen molar-refractivity contribution in [2.24, 2.45) is 0 Å². The average molecular weight is 223 g/mol. The van der Waals surface area contributed by atoms with Gasteiger partial charge in [-0.25, -0.2) is 0 Å². The Morgan fingerprint density at radius 3 is 1.71 bits per heavy atom. The van der Waals surface area contributed by atoms with E-state index in [-0.39, 0.29) is 0 Å². The molecule has 0 unspecified atom stereocenters. The zero-order valence-corrected chi connectivity index (χ0v) is 10.6. The summed E-state index contributed by atoms with van der Waals surface area (Å²) in [6, 6.07) is 13.5. The lowest BCUT2D eigenvalue weighted by Gasteiger charge is -2.02. The van der Waals surface area contributed by atoms with Gasteiger partial charge < -0.3 is 4.57 Å². The average Bonchev–Trinajstić information content (AvgIpc) is 2.62. The van der Waals surface area contributed by atoms with Gasteiger partial charge in [-0.05, 0) is 45.0 Å². The maximum Gasteiger partial charge on any atom is 0.0491 e. The van der Waals surface area contributed by atoms with Crippen LogP contribution < -0.4 is 0 Å². The molecule has 0 saturated heterocycles. The first-order valence-corrected chi connectivity index (χ1v) is 6.20. The van der Waals surface area contributed by atoms with Crippen LogP contribution in [0.1, 0.15) is 18.1 Å². The zero-order chi connectivity index (χ0) is 12.0. The molecule has 0 aliphatic rings. The van der Waals surface area contributed by atoms with E-state index in [4.69, 9.17) is 0 Å². The predicted octanol–water partition coefficient (Wildman–Crippen LogP) is 4.43. The molecule has 17 heavy (non-hydrogen) atoms. The fourth-order valence-electron chi connectivity index (χ4n) is 2.67. The van der Waals surface area contributed by atoms with Gasteiger partial charge in [0, 0.05) is 28.4 Å². The number of benzene rings is 2. The van der Waals surface area contributed by atoms with Crippen LogP contribution in [0.4, 0.5) is 0 Å². The molecule has 0 bridgehead atoms. The molecule has 86 valence electrons. The maximum absolute atomic E-state index is 2.39. The molecule has 0 atom stereocenters. The number of hydrogen-bond donors (Lipinski definition) is 0. The molecular formula is C16H17N. The summed E-state index contributed by atoms with van der Waals surface area (Å²) >= 11 is 0. The van der Waals surface area contributed by atoms with Gasteiger partial charge in [-0.3, -0.25) is 0 Å². The SMILES string of the molecule is CCn1c2ccc(C)cc2c2cc(C)ccc21. The van der Waals surface area contributed by atoms with Crippen molar-refractivity contribution in [2.45, 2.75) is 27.3 Å². The molecule has 0 saturated carbocycles. The van der Waals surface area contributed by atoms with E-state index in [1.165, 1.54) is 32.9 Å². The van der Waals surface area contributed by atoms with Crippen molar-refractivity contribution >= 4 is 21.8 Å². The minimum absolute atomic E-state index is 1.02. The Hall–Kier alpha value is -1.76. The highest BCUT2D eigenvalue weighted by Crippen LogP contribution is 2.30. The molecule has 3 aromatic rings. The Balaban J connectivity index is 2.57. The largest absolute Gasteiger partial charge is 0.341 e. The first kappa shape index (κ1) is 10.4. The van der Waals surface area contributed by atoms with E-state index in [9.17, 15) is 0 Å². The molecular weight excluding hydrogens is 206 g/mol. The summed E-state index contributed by atoms with van der Waals surface area (Å²) in [4.78, 5) is 0. The summed E-state index contributed by atoms with van der Waals surface area (Å²) in [5.41, 5.74) is 5.35. The monoisotopic (exact) mass is 223 g/mol. The Kier molecular flexibility index (Phi) is 2.22. The van der Waals surface area contributed by atoms with E-state index in [1.807, 2.05) is 0 Å². The summed E-state index contributed by atoms with van der Waals surface area (Å²) in [5.74, 6) is 0. The summed E-state index contributed by atoms with van der Waals surface area (Å²) in [7, 11) is 0. The second-order valence-electron chi connectivity index (χ2n) is 4.79. The van der Waals surface area contributed by atoms with E-state index in [2.05, 4.69) is 61.7 Å². The van der Waals surface area contributed by atoms with Crippen LogP contribution in [0, 0.1) is 13.8 Å². The highest BCUT2D eigenvalue weighted by Gasteiger charge is 2.09. The Morgan fingerprint density at radius 1 is 0.824 bits per heavy atom. The third kappa shape index (κ3) is 1.46. The standard InChI is InChI=1S/C16H17N/c1-4-17-15-7-5-11(2)9-13(15)14-10-12(3)6-8-16(14)17/h5-10H,4H2,1-3H3. The maximum atomic E-state index is 2.39. The normalized spacial score (nSPS) is 11.5. The van der Waals surface area contributed by atoms with E-state index in [0.717, 1.165) is 6.54 Å². The highest BCUT2D eigenvalue weighted by atomic mass is 15.0. The van der Waals surface area contributed by atoms with E-state index < -0.39 is 0 Å². The number of rotatable bonds is 1. The van der Waals surface area contributed by atoms with Crippen LogP contribution >= 0.6 is 0 Å². The van der Waals surface area contributed by atoms with Crippen LogP contribution in [0.3, 0.4) is 0 Å². The zero-order valence-electron chi connectivity index (χ0n) is 10.6. The quantitative estimate of drug-likeness (QED) is 0.575. The molecule has 0 amide bonds. The third-order valence-electron chi connectivity index (χ3n) is 3.49. The van der Waals surface area contributed by atoms with Gasteiger partial charge >= 0.3 is 0 Å². The lowest BCUT2D eigenvalue weighted by atomic mass is 10.1. The number of hydrogen-bond acceptors (Lipinski definition) is 0. The van der Waals surface area contributed by atoms with E-state index in [1.54, 1.807) is 0 Å². The van der Waals surface area contributed by atoms with Crippen LogP contribution in [-0.4, -0.2) is 4.57 Å². The van der Waals surface area contributed by atoms with Crippen molar-refractivity contribution in [3.63, 3.8) is 0 Å². The van der Waals surface area contributed by atoms with Crippen molar-refractivity contribution in [1.82, 2.24) is 4.57 Å². The lowest BCUT2D eigenvalue weighted by molar-refractivity contribution is 0.827. The summed E-state index contributed by atoms with van der Waals surface area (Å²) in [5, 5.41) is 2.76. The molecule has 0 N–H and O–H groups in total. The molecule has 1 aromatic heterocycles.